The van der Waals surface area contributed by atoms with E-state index in [4.69, 9.17) is 0 Å². The summed E-state index contributed by atoms with van der Waals surface area (Å²) in [5, 5.41) is 13.7. The van der Waals surface area contributed by atoms with E-state index in [1.165, 1.54) is 5.56 Å². The molecule has 0 radical (unpaired) electrons. The number of benzene rings is 2. The SMILES string of the molecule is CC(C)c1ccc(N=Nc2c(-c3ccccc3)[nH][nH]c2=O)cc1. The maximum atomic E-state index is 11.9. The van der Waals surface area contributed by atoms with Crippen LogP contribution in [-0.2, 0) is 0 Å². The highest BCUT2D eigenvalue weighted by atomic mass is 16.1. The molecule has 2 aromatic carbocycles. The second-order valence-electron chi connectivity index (χ2n) is 5.61. The van der Waals surface area contributed by atoms with Gasteiger partial charge in [0.2, 0.25) is 0 Å². The number of aromatic nitrogens is 2. The minimum absolute atomic E-state index is 0.282. The second-order valence-corrected chi connectivity index (χ2v) is 5.61. The third-order valence-electron chi connectivity index (χ3n) is 3.64. The predicted octanol–water partition coefficient (Wildman–Crippen LogP) is 4.91. The summed E-state index contributed by atoms with van der Waals surface area (Å²) in [6.45, 7) is 4.28. The number of nitrogens with zero attached hydrogens (tertiary/aromatic N) is 2. The van der Waals surface area contributed by atoms with Gasteiger partial charge in [-0.15, -0.1) is 5.11 Å². The predicted molar refractivity (Wildman–Crippen MR) is 91.6 cm³/mol. The van der Waals surface area contributed by atoms with Crippen LogP contribution >= 0.6 is 0 Å². The maximum Gasteiger partial charge on any atom is 0.292 e. The number of hydrogen-bond donors (Lipinski definition) is 2. The molecule has 0 spiro atoms. The molecule has 116 valence electrons. The average molecular weight is 306 g/mol. The van der Waals surface area contributed by atoms with Gasteiger partial charge in [0.05, 0.1) is 11.4 Å². The molecule has 0 saturated heterocycles. The molecular weight excluding hydrogens is 288 g/mol. The van der Waals surface area contributed by atoms with Crippen LogP contribution in [-0.4, -0.2) is 10.2 Å². The van der Waals surface area contributed by atoms with Crippen molar-refractivity contribution in [2.75, 3.05) is 0 Å². The van der Waals surface area contributed by atoms with Crippen molar-refractivity contribution >= 4 is 11.4 Å². The molecule has 1 heterocycles. The van der Waals surface area contributed by atoms with Crippen LogP contribution in [0, 0.1) is 0 Å². The van der Waals surface area contributed by atoms with E-state index in [0.29, 0.717) is 17.3 Å². The lowest BCUT2D eigenvalue weighted by Gasteiger charge is -2.03. The average Bonchev–Trinajstić information content (AvgIpc) is 2.95. The lowest BCUT2D eigenvalue weighted by molar-refractivity contribution is 0.866. The zero-order valence-electron chi connectivity index (χ0n) is 13.1. The molecule has 5 heteroatoms. The van der Waals surface area contributed by atoms with Crippen LogP contribution in [0.2, 0.25) is 0 Å². The van der Waals surface area contributed by atoms with Crippen LogP contribution in [0.25, 0.3) is 11.3 Å². The van der Waals surface area contributed by atoms with Gasteiger partial charge in [-0.3, -0.25) is 15.0 Å². The van der Waals surface area contributed by atoms with E-state index < -0.39 is 0 Å². The Morgan fingerprint density at radius 1 is 0.870 bits per heavy atom. The van der Waals surface area contributed by atoms with E-state index in [1.807, 2.05) is 54.6 Å². The molecule has 0 fully saturated rings. The molecular formula is C18H18N4O. The van der Waals surface area contributed by atoms with E-state index in [2.05, 4.69) is 34.3 Å². The molecule has 3 rings (SSSR count). The molecule has 0 amide bonds. The van der Waals surface area contributed by atoms with Gasteiger partial charge >= 0.3 is 0 Å². The molecule has 0 aliphatic heterocycles. The highest BCUT2D eigenvalue weighted by Crippen LogP contribution is 2.26. The molecule has 0 unspecified atom stereocenters. The first-order valence-electron chi connectivity index (χ1n) is 7.53. The normalized spacial score (nSPS) is 11.4. The van der Waals surface area contributed by atoms with Crippen molar-refractivity contribution in [3.8, 4) is 11.3 Å². The van der Waals surface area contributed by atoms with E-state index in [1.54, 1.807) is 0 Å². The van der Waals surface area contributed by atoms with Crippen LogP contribution in [0.3, 0.4) is 0 Å². The van der Waals surface area contributed by atoms with Crippen molar-refractivity contribution in [1.82, 2.24) is 10.2 Å². The summed E-state index contributed by atoms with van der Waals surface area (Å²) in [5.74, 6) is 0.471. The summed E-state index contributed by atoms with van der Waals surface area (Å²) in [7, 11) is 0. The number of nitrogens with one attached hydrogen (secondary N) is 2. The molecule has 3 aromatic rings. The van der Waals surface area contributed by atoms with Crippen molar-refractivity contribution in [2.24, 2.45) is 10.2 Å². The van der Waals surface area contributed by atoms with Gasteiger partial charge in [-0.1, -0.05) is 56.3 Å². The Morgan fingerprint density at radius 2 is 1.57 bits per heavy atom. The van der Waals surface area contributed by atoms with Gasteiger partial charge in [-0.2, -0.15) is 5.11 Å². The lowest BCUT2D eigenvalue weighted by Crippen LogP contribution is -1.96. The zero-order chi connectivity index (χ0) is 16.2. The summed E-state index contributed by atoms with van der Waals surface area (Å²) < 4.78 is 0. The van der Waals surface area contributed by atoms with Gasteiger partial charge in [0.25, 0.3) is 5.56 Å². The molecule has 0 bridgehead atoms. The van der Waals surface area contributed by atoms with Crippen molar-refractivity contribution < 1.29 is 0 Å². The molecule has 0 aliphatic carbocycles. The summed E-state index contributed by atoms with van der Waals surface area (Å²) in [5.41, 5.74) is 3.48. The quantitative estimate of drug-likeness (QED) is 0.660. The van der Waals surface area contributed by atoms with E-state index in [9.17, 15) is 4.79 Å². The Morgan fingerprint density at radius 3 is 2.22 bits per heavy atom. The smallest absolute Gasteiger partial charge is 0.292 e. The Bertz CT molecular complexity index is 858. The molecule has 2 N–H and O–H groups in total. The molecule has 0 atom stereocenters. The summed E-state index contributed by atoms with van der Waals surface area (Å²) in [4.78, 5) is 11.9. The second kappa shape index (κ2) is 6.44. The third kappa shape index (κ3) is 3.29. The lowest BCUT2D eigenvalue weighted by atomic mass is 10.0. The van der Waals surface area contributed by atoms with Crippen LogP contribution < -0.4 is 5.56 Å². The molecule has 0 saturated carbocycles. The zero-order valence-corrected chi connectivity index (χ0v) is 13.1. The number of H-pyrrole nitrogens is 2. The summed E-state index contributed by atoms with van der Waals surface area (Å²) in [6.07, 6.45) is 0. The Balaban J connectivity index is 1.91. The fourth-order valence-corrected chi connectivity index (χ4v) is 2.29. The van der Waals surface area contributed by atoms with Crippen LogP contribution in [0.15, 0.2) is 69.6 Å². The first-order valence-corrected chi connectivity index (χ1v) is 7.53. The summed E-state index contributed by atoms with van der Waals surface area (Å²) >= 11 is 0. The standard InChI is InChI=1S/C18H18N4O/c1-12(2)13-8-10-15(11-9-13)19-21-17-16(20-22-18(17)23)14-6-4-3-5-7-14/h3-12H,1-2H3,(H2,20,22,23). The van der Waals surface area contributed by atoms with Crippen LogP contribution in [0.5, 0.6) is 0 Å². The van der Waals surface area contributed by atoms with Crippen molar-refractivity contribution in [2.45, 2.75) is 19.8 Å². The van der Waals surface area contributed by atoms with Crippen LogP contribution in [0.1, 0.15) is 25.3 Å². The minimum Gasteiger partial charge on any atom is -0.295 e. The largest absolute Gasteiger partial charge is 0.295 e. The molecule has 23 heavy (non-hydrogen) atoms. The fraction of sp³-hybridized carbons (Fsp3) is 0.167. The van der Waals surface area contributed by atoms with E-state index in [0.717, 1.165) is 5.56 Å². The van der Waals surface area contributed by atoms with Crippen molar-refractivity contribution in [1.29, 1.82) is 0 Å². The first-order chi connectivity index (χ1) is 11.1. The van der Waals surface area contributed by atoms with Crippen molar-refractivity contribution in [3.05, 3.63) is 70.5 Å². The highest BCUT2D eigenvalue weighted by Gasteiger charge is 2.11. The van der Waals surface area contributed by atoms with Gasteiger partial charge in [0, 0.05) is 5.56 Å². The van der Waals surface area contributed by atoms with Gasteiger partial charge in [-0.25, -0.2) is 0 Å². The Labute approximate surface area is 134 Å². The fourth-order valence-electron chi connectivity index (χ4n) is 2.29. The van der Waals surface area contributed by atoms with E-state index >= 15 is 0 Å². The van der Waals surface area contributed by atoms with E-state index in [-0.39, 0.29) is 11.2 Å². The van der Waals surface area contributed by atoms with Crippen LogP contribution in [0.4, 0.5) is 11.4 Å². The minimum atomic E-state index is -0.286. The summed E-state index contributed by atoms with van der Waals surface area (Å²) in [6, 6.07) is 17.4. The first kappa shape index (κ1) is 15.0. The number of aromatic amines is 2. The molecule has 1 aromatic heterocycles. The highest BCUT2D eigenvalue weighted by molar-refractivity contribution is 5.70. The van der Waals surface area contributed by atoms with Gasteiger partial charge in [-0.05, 0) is 23.6 Å². The topological polar surface area (TPSA) is 73.4 Å². The van der Waals surface area contributed by atoms with Gasteiger partial charge in [0.1, 0.15) is 0 Å². The Kier molecular flexibility index (Phi) is 4.19. The number of azo groups is 1. The Hall–Kier alpha value is -2.95. The number of hydrogen-bond acceptors (Lipinski definition) is 3. The monoisotopic (exact) mass is 306 g/mol. The van der Waals surface area contributed by atoms with Gasteiger partial charge in [0.15, 0.2) is 5.69 Å². The third-order valence-corrected chi connectivity index (χ3v) is 3.64. The maximum absolute atomic E-state index is 11.9. The molecule has 5 nitrogen and oxygen atoms in total. The number of rotatable bonds is 4. The van der Waals surface area contributed by atoms with Crippen molar-refractivity contribution in [3.63, 3.8) is 0 Å². The molecule has 0 aliphatic rings. The van der Waals surface area contributed by atoms with Gasteiger partial charge < -0.3 is 0 Å².